The average molecular weight is 252 g/mol. The van der Waals surface area contributed by atoms with Crippen molar-refractivity contribution in [2.75, 3.05) is 5.32 Å². The van der Waals surface area contributed by atoms with E-state index in [9.17, 15) is 18.0 Å². The van der Waals surface area contributed by atoms with Gasteiger partial charge >= 0.3 is 0 Å². The first-order chi connectivity index (χ1) is 8.54. The van der Waals surface area contributed by atoms with Crippen molar-refractivity contribution < 1.29 is 18.0 Å². The molecule has 0 radical (unpaired) electrons. The Morgan fingerprint density at radius 1 is 1.06 bits per heavy atom. The van der Waals surface area contributed by atoms with E-state index in [2.05, 4.69) is 10.3 Å². The lowest BCUT2D eigenvalue weighted by molar-refractivity contribution is 0.102. The number of hydrogen-bond donors (Lipinski definition) is 1. The summed E-state index contributed by atoms with van der Waals surface area (Å²) in [4.78, 5) is 14.9. The van der Waals surface area contributed by atoms with Crippen molar-refractivity contribution >= 4 is 11.6 Å². The molecule has 0 spiro atoms. The summed E-state index contributed by atoms with van der Waals surface area (Å²) < 4.78 is 38.6. The SMILES string of the molecule is O=C(Nc1cc(F)cc(F)c1)c1ccnc(F)c1. The van der Waals surface area contributed by atoms with Gasteiger partial charge in [-0.2, -0.15) is 4.39 Å². The molecule has 0 atom stereocenters. The molecular weight excluding hydrogens is 245 g/mol. The van der Waals surface area contributed by atoms with Crippen molar-refractivity contribution in [2.45, 2.75) is 0 Å². The van der Waals surface area contributed by atoms with E-state index in [1.807, 2.05) is 0 Å². The van der Waals surface area contributed by atoms with Crippen LogP contribution in [0.5, 0.6) is 0 Å². The third kappa shape index (κ3) is 2.85. The van der Waals surface area contributed by atoms with Crippen molar-refractivity contribution in [3.05, 3.63) is 59.7 Å². The zero-order valence-corrected chi connectivity index (χ0v) is 8.95. The van der Waals surface area contributed by atoms with E-state index in [1.165, 1.54) is 6.07 Å². The fourth-order valence-electron chi connectivity index (χ4n) is 1.37. The first kappa shape index (κ1) is 12.1. The Labute approximate surface area is 100 Å². The minimum Gasteiger partial charge on any atom is -0.322 e. The largest absolute Gasteiger partial charge is 0.322 e. The Bertz CT molecular complexity index is 581. The fraction of sp³-hybridized carbons (Fsp3) is 0. The highest BCUT2D eigenvalue weighted by molar-refractivity contribution is 6.04. The predicted molar refractivity (Wildman–Crippen MR) is 58.5 cm³/mol. The summed E-state index contributed by atoms with van der Waals surface area (Å²) in [5.41, 5.74) is -0.0399. The number of carbonyl (C=O) groups excluding carboxylic acids is 1. The third-order valence-electron chi connectivity index (χ3n) is 2.11. The van der Waals surface area contributed by atoms with Crippen LogP contribution in [0.15, 0.2) is 36.5 Å². The van der Waals surface area contributed by atoms with Gasteiger partial charge in [0.25, 0.3) is 5.91 Å². The summed E-state index contributed by atoms with van der Waals surface area (Å²) in [6.45, 7) is 0. The summed E-state index contributed by atoms with van der Waals surface area (Å²) in [6, 6.07) is 4.80. The highest BCUT2D eigenvalue weighted by atomic mass is 19.1. The van der Waals surface area contributed by atoms with Crippen LogP contribution in [0, 0.1) is 17.6 Å². The van der Waals surface area contributed by atoms with Gasteiger partial charge in [0.1, 0.15) is 11.6 Å². The summed E-state index contributed by atoms with van der Waals surface area (Å²) in [6.07, 6.45) is 1.12. The van der Waals surface area contributed by atoms with E-state index in [0.29, 0.717) is 6.07 Å². The minimum absolute atomic E-state index is 0.00664. The molecular formula is C12H7F3N2O. The molecule has 1 aromatic carbocycles. The van der Waals surface area contributed by atoms with Crippen LogP contribution < -0.4 is 5.32 Å². The summed E-state index contributed by atoms with van der Waals surface area (Å²) >= 11 is 0. The number of rotatable bonds is 2. The van der Waals surface area contributed by atoms with Gasteiger partial charge in [0.15, 0.2) is 0 Å². The molecule has 1 heterocycles. The van der Waals surface area contributed by atoms with Crippen molar-refractivity contribution in [3.8, 4) is 0 Å². The van der Waals surface area contributed by atoms with Crippen LogP contribution >= 0.6 is 0 Å². The van der Waals surface area contributed by atoms with Gasteiger partial charge in [-0.05, 0) is 18.2 Å². The lowest BCUT2D eigenvalue weighted by atomic mass is 10.2. The van der Waals surface area contributed by atoms with Gasteiger partial charge in [-0.1, -0.05) is 0 Å². The molecule has 3 nitrogen and oxygen atoms in total. The number of halogens is 3. The monoisotopic (exact) mass is 252 g/mol. The van der Waals surface area contributed by atoms with E-state index >= 15 is 0 Å². The number of benzene rings is 1. The number of carbonyl (C=O) groups is 1. The lowest BCUT2D eigenvalue weighted by Gasteiger charge is -2.05. The molecule has 0 aliphatic rings. The van der Waals surface area contributed by atoms with Gasteiger partial charge in [0.2, 0.25) is 5.95 Å². The van der Waals surface area contributed by atoms with Crippen molar-refractivity contribution in [1.29, 1.82) is 0 Å². The second-order valence-corrected chi connectivity index (χ2v) is 3.48. The summed E-state index contributed by atoms with van der Waals surface area (Å²) in [5.74, 6) is -3.12. The highest BCUT2D eigenvalue weighted by Gasteiger charge is 2.09. The van der Waals surface area contributed by atoms with E-state index in [1.54, 1.807) is 0 Å². The van der Waals surface area contributed by atoms with Crippen LogP contribution in [-0.2, 0) is 0 Å². The normalized spacial score (nSPS) is 10.2. The molecule has 92 valence electrons. The zero-order valence-electron chi connectivity index (χ0n) is 8.95. The second-order valence-electron chi connectivity index (χ2n) is 3.48. The molecule has 2 rings (SSSR count). The third-order valence-corrected chi connectivity index (χ3v) is 2.11. The molecule has 0 aliphatic carbocycles. The number of amides is 1. The van der Waals surface area contributed by atoms with Crippen molar-refractivity contribution in [2.24, 2.45) is 0 Å². The Morgan fingerprint density at radius 3 is 2.33 bits per heavy atom. The van der Waals surface area contributed by atoms with Crippen LogP contribution in [0.2, 0.25) is 0 Å². The maximum atomic E-state index is 12.9. The quantitative estimate of drug-likeness (QED) is 0.835. The molecule has 0 saturated carbocycles. The van der Waals surface area contributed by atoms with Crippen LogP contribution in [0.4, 0.5) is 18.9 Å². The van der Waals surface area contributed by atoms with Gasteiger partial charge in [0, 0.05) is 29.6 Å². The molecule has 1 amide bonds. The number of anilines is 1. The smallest absolute Gasteiger partial charge is 0.255 e. The second kappa shape index (κ2) is 4.87. The fourth-order valence-corrected chi connectivity index (χ4v) is 1.37. The molecule has 0 saturated heterocycles. The zero-order chi connectivity index (χ0) is 13.1. The maximum absolute atomic E-state index is 12.9. The molecule has 0 fully saturated rings. The number of pyridine rings is 1. The molecule has 18 heavy (non-hydrogen) atoms. The van der Waals surface area contributed by atoms with Gasteiger partial charge in [-0.25, -0.2) is 13.8 Å². The summed E-state index contributed by atoms with van der Waals surface area (Å²) in [5, 5.41) is 2.25. The molecule has 1 N–H and O–H groups in total. The molecule has 0 aliphatic heterocycles. The first-order valence-electron chi connectivity index (χ1n) is 4.93. The number of nitrogens with one attached hydrogen (secondary N) is 1. The van der Waals surface area contributed by atoms with Gasteiger partial charge in [-0.3, -0.25) is 4.79 Å². The number of aromatic nitrogens is 1. The molecule has 1 aromatic heterocycles. The Morgan fingerprint density at radius 2 is 1.72 bits per heavy atom. The van der Waals surface area contributed by atoms with Crippen LogP contribution in [-0.4, -0.2) is 10.9 Å². The Balaban J connectivity index is 2.21. The van der Waals surface area contributed by atoms with Gasteiger partial charge in [-0.15, -0.1) is 0 Å². The van der Waals surface area contributed by atoms with Gasteiger partial charge < -0.3 is 5.32 Å². The lowest BCUT2D eigenvalue weighted by Crippen LogP contribution is -2.12. The van der Waals surface area contributed by atoms with Crippen molar-refractivity contribution in [3.63, 3.8) is 0 Å². The minimum atomic E-state index is -0.814. The first-order valence-corrected chi connectivity index (χ1v) is 4.93. The predicted octanol–water partition coefficient (Wildman–Crippen LogP) is 2.75. The van der Waals surface area contributed by atoms with Crippen LogP contribution in [0.1, 0.15) is 10.4 Å². The van der Waals surface area contributed by atoms with Crippen molar-refractivity contribution in [1.82, 2.24) is 4.98 Å². The van der Waals surface area contributed by atoms with Crippen LogP contribution in [0.3, 0.4) is 0 Å². The molecule has 0 unspecified atom stereocenters. The highest BCUT2D eigenvalue weighted by Crippen LogP contribution is 2.14. The van der Waals surface area contributed by atoms with E-state index < -0.39 is 23.5 Å². The van der Waals surface area contributed by atoms with Crippen LogP contribution in [0.25, 0.3) is 0 Å². The Kier molecular flexibility index (Phi) is 3.27. The standard InChI is InChI=1S/C12H7F3N2O/c13-8-4-9(14)6-10(5-8)17-12(18)7-1-2-16-11(15)3-7/h1-6H,(H,17,18). The number of hydrogen-bond acceptors (Lipinski definition) is 2. The van der Waals surface area contributed by atoms with Gasteiger partial charge in [0.05, 0.1) is 0 Å². The van der Waals surface area contributed by atoms with E-state index in [0.717, 1.165) is 24.4 Å². The maximum Gasteiger partial charge on any atom is 0.255 e. The van der Waals surface area contributed by atoms with E-state index in [-0.39, 0.29) is 11.3 Å². The molecule has 2 aromatic rings. The molecule has 0 bridgehead atoms. The molecule has 6 heteroatoms. The van der Waals surface area contributed by atoms with E-state index in [4.69, 9.17) is 0 Å². The number of nitrogens with zero attached hydrogens (tertiary/aromatic N) is 1. The Hall–Kier alpha value is -2.37. The average Bonchev–Trinajstić information content (AvgIpc) is 2.27. The topological polar surface area (TPSA) is 42.0 Å². The summed E-state index contributed by atoms with van der Waals surface area (Å²) in [7, 11) is 0.